The van der Waals surface area contributed by atoms with E-state index >= 15 is 0 Å². The van der Waals surface area contributed by atoms with Crippen molar-refractivity contribution in [3.05, 3.63) is 50.7 Å². The summed E-state index contributed by atoms with van der Waals surface area (Å²) >= 11 is 7.42. The van der Waals surface area contributed by atoms with Gasteiger partial charge in [-0.2, -0.15) is 4.98 Å². The third-order valence-corrected chi connectivity index (χ3v) is 4.00. The summed E-state index contributed by atoms with van der Waals surface area (Å²) in [6.07, 6.45) is 0. The first kappa shape index (κ1) is 13.7. The quantitative estimate of drug-likeness (QED) is 0.442. The molecule has 0 fully saturated rings. The van der Waals surface area contributed by atoms with Gasteiger partial charge in [0.15, 0.2) is 0 Å². The zero-order valence-electron chi connectivity index (χ0n) is 10.8. The van der Waals surface area contributed by atoms with E-state index in [1.807, 2.05) is 29.6 Å². The number of aryl methyl sites for hydroxylation is 1. The molecule has 1 aromatic carbocycles. The SMILES string of the molecule is Cc1nc(Cl)nc(Nc2ccc3sccc3c2)c1[N+](=O)[O-]. The largest absolute Gasteiger partial charge is 0.334 e. The van der Waals surface area contributed by atoms with Crippen molar-refractivity contribution in [2.24, 2.45) is 0 Å². The Morgan fingerprint density at radius 1 is 1.33 bits per heavy atom. The minimum absolute atomic E-state index is 0.0304. The highest BCUT2D eigenvalue weighted by Crippen LogP contribution is 2.31. The highest BCUT2D eigenvalue weighted by Gasteiger charge is 2.21. The fourth-order valence-corrected chi connectivity index (χ4v) is 3.00. The molecule has 1 N–H and O–H groups in total. The highest BCUT2D eigenvalue weighted by molar-refractivity contribution is 7.17. The van der Waals surface area contributed by atoms with E-state index in [2.05, 4.69) is 15.3 Å². The van der Waals surface area contributed by atoms with Crippen molar-refractivity contribution in [3.8, 4) is 0 Å². The molecule has 0 amide bonds. The van der Waals surface area contributed by atoms with Crippen LogP contribution in [0.3, 0.4) is 0 Å². The average molecular weight is 321 g/mol. The number of hydrogen-bond acceptors (Lipinski definition) is 6. The molecule has 3 rings (SSSR count). The summed E-state index contributed by atoms with van der Waals surface area (Å²) in [7, 11) is 0. The van der Waals surface area contributed by atoms with Gasteiger partial charge in [-0.3, -0.25) is 10.1 Å². The molecule has 0 aliphatic rings. The molecule has 0 spiro atoms. The van der Waals surface area contributed by atoms with Crippen LogP contribution in [-0.2, 0) is 0 Å². The van der Waals surface area contributed by atoms with Crippen LogP contribution in [0, 0.1) is 17.0 Å². The number of thiophene rings is 1. The zero-order chi connectivity index (χ0) is 15.0. The van der Waals surface area contributed by atoms with Crippen molar-refractivity contribution in [1.29, 1.82) is 0 Å². The van der Waals surface area contributed by atoms with Gasteiger partial charge >= 0.3 is 5.69 Å². The summed E-state index contributed by atoms with van der Waals surface area (Å²) < 4.78 is 1.15. The summed E-state index contributed by atoms with van der Waals surface area (Å²) in [4.78, 5) is 18.4. The molecule has 0 aliphatic carbocycles. The standard InChI is InChI=1S/C13H9ClN4O2S/c1-7-11(18(19)20)12(17-13(14)15-7)16-9-2-3-10-8(6-9)4-5-21-10/h2-6H,1H3,(H,15,16,17). The molecule has 6 nitrogen and oxygen atoms in total. The van der Waals surface area contributed by atoms with Gasteiger partial charge in [0, 0.05) is 10.4 Å². The first-order valence-electron chi connectivity index (χ1n) is 5.97. The molecule has 8 heteroatoms. The van der Waals surface area contributed by atoms with Gasteiger partial charge in [-0.15, -0.1) is 11.3 Å². The maximum absolute atomic E-state index is 11.2. The fraction of sp³-hybridized carbons (Fsp3) is 0.0769. The van der Waals surface area contributed by atoms with E-state index in [0.717, 1.165) is 10.1 Å². The van der Waals surface area contributed by atoms with Crippen LogP contribution in [0.4, 0.5) is 17.2 Å². The lowest BCUT2D eigenvalue weighted by Gasteiger charge is -2.08. The summed E-state index contributed by atoms with van der Waals surface area (Å²) in [6, 6.07) is 7.68. The Morgan fingerprint density at radius 3 is 2.90 bits per heavy atom. The van der Waals surface area contributed by atoms with Crippen LogP contribution < -0.4 is 5.32 Å². The predicted octanol–water partition coefficient (Wildman–Crippen LogP) is 4.30. The van der Waals surface area contributed by atoms with E-state index in [4.69, 9.17) is 11.6 Å². The summed E-state index contributed by atoms with van der Waals surface area (Å²) in [5.74, 6) is 0.0899. The average Bonchev–Trinajstić information content (AvgIpc) is 2.84. The Bertz CT molecular complexity index is 849. The number of nitrogens with zero attached hydrogens (tertiary/aromatic N) is 3. The number of benzene rings is 1. The molecule has 2 heterocycles. The first-order chi connectivity index (χ1) is 10.0. The Balaban J connectivity index is 2.06. The third kappa shape index (κ3) is 2.65. The second kappa shape index (κ2) is 5.27. The van der Waals surface area contributed by atoms with Crippen molar-refractivity contribution in [1.82, 2.24) is 9.97 Å². The van der Waals surface area contributed by atoms with E-state index in [-0.39, 0.29) is 22.5 Å². The Labute approximate surface area is 128 Å². The number of nitrogens with one attached hydrogen (secondary N) is 1. The van der Waals surface area contributed by atoms with Crippen molar-refractivity contribution >= 4 is 50.2 Å². The van der Waals surface area contributed by atoms with E-state index in [1.165, 1.54) is 6.92 Å². The molecule has 0 bridgehead atoms. The molecule has 106 valence electrons. The van der Waals surface area contributed by atoms with Gasteiger partial charge in [0.2, 0.25) is 11.1 Å². The lowest BCUT2D eigenvalue weighted by Crippen LogP contribution is -2.04. The van der Waals surface area contributed by atoms with Gasteiger partial charge in [0.05, 0.1) is 4.92 Å². The lowest BCUT2D eigenvalue weighted by atomic mass is 10.2. The minimum Gasteiger partial charge on any atom is -0.334 e. The van der Waals surface area contributed by atoms with Crippen LogP contribution in [0.1, 0.15) is 5.69 Å². The summed E-state index contributed by atoms with van der Waals surface area (Å²) in [5, 5.41) is 17.1. The van der Waals surface area contributed by atoms with Crippen molar-refractivity contribution in [2.45, 2.75) is 6.92 Å². The predicted molar refractivity (Wildman–Crippen MR) is 83.5 cm³/mol. The number of aromatic nitrogens is 2. The lowest BCUT2D eigenvalue weighted by molar-refractivity contribution is -0.385. The van der Waals surface area contributed by atoms with E-state index in [9.17, 15) is 10.1 Å². The topological polar surface area (TPSA) is 81.0 Å². The fourth-order valence-electron chi connectivity index (χ4n) is 2.02. The van der Waals surface area contributed by atoms with Gasteiger partial charge in [0.25, 0.3) is 0 Å². The number of fused-ring (bicyclic) bond motifs is 1. The monoisotopic (exact) mass is 320 g/mol. The second-order valence-electron chi connectivity index (χ2n) is 4.33. The van der Waals surface area contributed by atoms with Gasteiger partial charge in [-0.1, -0.05) is 0 Å². The van der Waals surface area contributed by atoms with Crippen molar-refractivity contribution in [3.63, 3.8) is 0 Å². The van der Waals surface area contributed by atoms with Gasteiger partial charge in [-0.05, 0) is 53.6 Å². The highest BCUT2D eigenvalue weighted by atomic mass is 35.5. The summed E-state index contributed by atoms with van der Waals surface area (Å²) in [5.41, 5.74) is 0.752. The normalized spacial score (nSPS) is 10.8. The van der Waals surface area contributed by atoms with Crippen LogP contribution >= 0.6 is 22.9 Å². The van der Waals surface area contributed by atoms with E-state index in [0.29, 0.717) is 5.69 Å². The Morgan fingerprint density at radius 2 is 2.14 bits per heavy atom. The van der Waals surface area contributed by atoms with Gasteiger partial charge < -0.3 is 5.32 Å². The third-order valence-electron chi connectivity index (χ3n) is 2.93. The molecule has 0 aliphatic heterocycles. The Kier molecular flexibility index (Phi) is 3.44. The first-order valence-corrected chi connectivity index (χ1v) is 7.23. The van der Waals surface area contributed by atoms with Crippen LogP contribution in [0.15, 0.2) is 29.6 Å². The van der Waals surface area contributed by atoms with Gasteiger partial charge in [0.1, 0.15) is 5.69 Å². The van der Waals surface area contributed by atoms with Crippen molar-refractivity contribution < 1.29 is 4.92 Å². The minimum atomic E-state index is -0.517. The number of rotatable bonds is 3. The zero-order valence-corrected chi connectivity index (χ0v) is 12.4. The molecule has 2 aromatic heterocycles. The maximum Gasteiger partial charge on any atom is 0.332 e. The number of nitro groups is 1. The van der Waals surface area contributed by atoms with Crippen LogP contribution in [0.2, 0.25) is 5.28 Å². The second-order valence-corrected chi connectivity index (χ2v) is 5.62. The summed E-state index contributed by atoms with van der Waals surface area (Å²) in [6.45, 7) is 1.53. The molecule has 0 atom stereocenters. The van der Waals surface area contributed by atoms with E-state index < -0.39 is 4.92 Å². The molecule has 0 unspecified atom stereocenters. The smallest absolute Gasteiger partial charge is 0.332 e. The molecule has 21 heavy (non-hydrogen) atoms. The number of hydrogen-bond donors (Lipinski definition) is 1. The molecule has 3 aromatic rings. The van der Waals surface area contributed by atoms with E-state index in [1.54, 1.807) is 11.3 Å². The van der Waals surface area contributed by atoms with Crippen LogP contribution in [0.5, 0.6) is 0 Å². The molecular weight excluding hydrogens is 312 g/mol. The maximum atomic E-state index is 11.2. The molecule has 0 radical (unpaired) electrons. The van der Waals surface area contributed by atoms with Crippen LogP contribution in [0.25, 0.3) is 10.1 Å². The molecule has 0 saturated carbocycles. The number of anilines is 2. The molecule has 0 saturated heterocycles. The van der Waals surface area contributed by atoms with Gasteiger partial charge in [-0.25, -0.2) is 4.98 Å². The van der Waals surface area contributed by atoms with Crippen molar-refractivity contribution in [2.75, 3.05) is 5.32 Å². The molecular formula is C13H9ClN4O2S. The number of halogens is 1. The Hall–Kier alpha value is -2.25. The van der Waals surface area contributed by atoms with Crippen LogP contribution in [-0.4, -0.2) is 14.9 Å².